The fourth-order valence-corrected chi connectivity index (χ4v) is 2.90. The van der Waals surface area contributed by atoms with E-state index >= 15 is 0 Å². The first-order chi connectivity index (χ1) is 9.55. The Balaban J connectivity index is 2.40. The van der Waals surface area contributed by atoms with Crippen LogP contribution in [0.4, 0.5) is 11.4 Å². The first-order valence-electron chi connectivity index (χ1n) is 6.62. The van der Waals surface area contributed by atoms with Crippen molar-refractivity contribution in [2.75, 3.05) is 23.9 Å². The second-order valence-electron chi connectivity index (χ2n) is 4.98. The third-order valence-electron chi connectivity index (χ3n) is 3.38. The number of fused-ring (bicyclic) bond motifs is 1. The second kappa shape index (κ2) is 6.33. The van der Waals surface area contributed by atoms with E-state index in [-0.39, 0.29) is 17.9 Å². The molecule has 0 aliphatic carbocycles. The predicted molar refractivity (Wildman–Crippen MR) is 88.4 cm³/mol. The number of aliphatic hydroxyl groups is 1. The molecule has 20 heavy (non-hydrogen) atoms. The van der Waals surface area contributed by atoms with Gasteiger partial charge in [-0.05, 0) is 44.4 Å². The summed E-state index contributed by atoms with van der Waals surface area (Å²) in [6.45, 7) is 4.20. The zero-order chi connectivity index (χ0) is 14.7. The lowest BCUT2D eigenvalue weighted by atomic mass is 10.1. The van der Waals surface area contributed by atoms with Gasteiger partial charge in [-0.15, -0.1) is 0 Å². The molecule has 2 unspecified atom stereocenters. The molecule has 1 aromatic heterocycles. The van der Waals surface area contributed by atoms with Crippen LogP contribution in [-0.2, 0) is 0 Å². The zero-order valence-corrected chi connectivity index (χ0v) is 12.9. The number of hydrogen-bond donors (Lipinski definition) is 3. The lowest BCUT2D eigenvalue weighted by Crippen LogP contribution is -2.31. The van der Waals surface area contributed by atoms with E-state index in [1.807, 2.05) is 37.4 Å². The summed E-state index contributed by atoms with van der Waals surface area (Å²) in [4.78, 5) is 4.52. The van der Waals surface area contributed by atoms with Crippen molar-refractivity contribution < 1.29 is 5.11 Å². The molecule has 0 saturated carbocycles. The Morgan fingerprint density at radius 1 is 1.40 bits per heavy atom. The maximum Gasteiger partial charge on any atom is 0.0727 e. The minimum atomic E-state index is 0.152. The highest BCUT2D eigenvalue weighted by Crippen LogP contribution is 2.27. The Morgan fingerprint density at radius 3 is 2.80 bits per heavy atom. The van der Waals surface area contributed by atoms with E-state index in [1.165, 1.54) is 0 Å². The number of nitrogens with two attached hydrogens (primary N) is 1. The highest BCUT2D eigenvalue weighted by molar-refractivity contribution is 7.99. The van der Waals surface area contributed by atoms with Crippen LogP contribution in [0.1, 0.15) is 12.6 Å². The molecule has 2 rings (SSSR count). The fourth-order valence-electron chi connectivity index (χ4n) is 2.27. The van der Waals surface area contributed by atoms with Crippen LogP contribution in [-0.4, -0.2) is 34.2 Å². The van der Waals surface area contributed by atoms with Gasteiger partial charge in [0.2, 0.25) is 0 Å². The summed E-state index contributed by atoms with van der Waals surface area (Å²) in [5.74, 6) is 0. The Hall–Kier alpha value is -1.46. The molecule has 0 radical (unpaired) electrons. The standard InChI is InChI=1S/C15H21N3OS/c1-9-6-14(18-10(2)15(8-19)20-3)12-7-11(16)4-5-13(12)17-9/h4-7,10,15,19H,8,16H2,1-3H3,(H,17,18). The molecule has 0 aliphatic rings. The molecule has 2 aromatic rings. The number of nitrogens with zero attached hydrogens (tertiary/aromatic N) is 1. The van der Waals surface area contributed by atoms with E-state index in [4.69, 9.17) is 5.73 Å². The molecule has 5 heteroatoms. The van der Waals surface area contributed by atoms with Crippen molar-refractivity contribution in [2.45, 2.75) is 25.1 Å². The van der Waals surface area contributed by atoms with Crippen molar-refractivity contribution in [1.29, 1.82) is 0 Å². The fraction of sp³-hybridized carbons (Fsp3) is 0.400. The number of hydrogen-bond acceptors (Lipinski definition) is 5. The van der Waals surface area contributed by atoms with Gasteiger partial charge >= 0.3 is 0 Å². The largest absolute Gasteiger partial charge is 0.399 e. The van der Waals surface area contributed by atoms with Crippen molar-refractivity contribution in [2.24, 2.45) is 0 Å². The molecule has 4 nitrogen and oxygen atoms in total. The van der Waals surface area contributed by atoms with Gasteiger partial charge in [0, 0.05) is 33.7 Å². The lowest BCUT2D eigenvalue weighted by Gasteiger charge is -2.23. The molecular weight excluding hydrogens is 270 g/mol. The van der Waals surface area contributed by atoms with Gasteiger partial charge in [0.25, 0.3) is 0 Å². The van der Waals surface area contributed by atoms with Crippen molar-refractivity contribution in [3.05, 3.63) is 30.0 Å². The average molecular weight is 291 g/mol. The van der Waals surface area contributed by atoms with E-state index in [9.17, 15) is 5.11 Å². The number of pyridine rings is 1. The number of nitrogens with one attached hydrogen (secondary N) is 1. The quantitative estimate of drug-likeness (QED) is 0.739. The van der Waals surface area contributed by atoms with Crippen LogP contribution in [0.5, 0.6) is 0 Å². The summed E-state index contributed by atoms with van der Waals surface area (Å²) in [5, 5.41) is 14.0. The van der Waals surface area contributed by atoms with Gasteiger partial charge in [0.15, 0.2) is 0 Å². The number of thioether (sulfide) groups is 1. The Labute approximate surface area is 123 Å². The SMILES string of the molecule is CSC(CO)C(C)Nc1cc(C)nc2ccc(N)cc12. The highest BCUT2D eigenvalue weighted by atomic mass is 32.2. The van der Waals surface area contributed by atoms with Gasteiger partial charge in [-0.2, -0.15) is 11.8 Å². The molecule has 0 fully saturated rings. The molecule has 0 amide bonds. The normalized spacial score (nSPS) is 14.2. The van der Waals surface area contributed by atoms with Crippen molar-refractivity contribution >= 4 is 34.0 Å². The Kier molecular flexibility index (Phi) is 4.73. The number of aliphatic hydroxyl groups excluding tert-OH is 1. The van der Waals surface area contributed by atoms with Crippen LogP contribution in [0, 0.1) is 6.92 Å². The van der Waals surface area contributed by atoms with E-state index in [1.54, 1.807) is 11.8 Å². The molecule has 4 N–H and O–H groups in total. The summed E-state index contributed by atoms with van der Waals surface area (Å²) < 4.78 is 0. The molecule has 1 heterocycles. The summed E-state index contributed by atoms with van der Waals surface area (Å²) in [7, 11) is 0. The third-order valence-corrected chi connectivity index (χ3v) is 4.55. The number of rotatable bonds is 5. The topological polar surface area (TPSA) is 71.2 Å². The van der Waals surface area contributed by atoms with Gasteiger partial charge < -0.3 is 16.2 Å². The highest BCUT2D eigenvalue weighted by Gasteiger charge is 2.16. The maximum absolute atomic E-state index is 9.39. The summed E-state index contributed by atoms with van der Waals surface area (Å²) in [6, 6.07) is 7.91. The lowest BCUT2D eigenvalue weighted by molar-refractivity contribution is 0.288. The van der Waals surface area contributed by atoms with Gasteiger partial charge in [0.05, 0.1) is 12.1 Å². The molecular formula is C15H21N3OS. The maximum atomic E-state index is 9.39. The molecule has 108 valence electrons. The van der Waals surface area contributed by atoms with Crippen LogP contribution >= 0.6 is 11.8 Å². The second-order valence-corrected chi connectivity index (χ2v) is 6.05. The number of anilines is 2. The molecule has 2 atom stereocenters. The van der Waals surface area contributed by atoms with E-state index < -0.39 is 0 Å². The van der Waals surface area contributed by atoms with Crippen LogP contribution in [0.3, 0.4) is 0 Å². The first-order valence-corrected chi connectivity index (χ1v) is 7.91. The van der Waals surface area contributed by atoms with Crippen molar-refractivity contribution in [3.63, 3.8) is 0 Å². The zero-order valence-electron chi connectivity index (χ0n) is 12.1. The van der Waals surface area contributed by atoms with Crippen molar-refractivity contribution in [1.82, 2.24) is 4.98 Å². The van der Waals surface area contributed by atoms with E-state index in [0.717, 1.165) is 28.0 Å². The van der Waals surface area contributed by atoms with Crippen LogP contribution in [0.25, 0.3) is 10.9 Å². The number of nitrogen functional groups attached to an aromatic ring is 1. The molecule has 0 bridgehead atoms. The molecule has 0 aliphatic heterocycles. The van der Waals surface area contributed by atoms with Gasteiger partial charge in [-0.1, -0.05) is 0 Å². The van der Waals surface area contributed by atoms with Gasteiger partial charge in [0.1, 0.15) is 0 Å². The predicted octanol–water partition coefficient (Wildman–Crippen LogP) is 2.65. The van der Waals surface area contributed by atoms with Crippen molar-refractivity contribution in [3.8, 4) is 0 Å². The molecule has 0 spiro atoms. The van der Waals surface area contributed by atoms with Gasteiger partial charge in [-0.3, -0.25) is 4.98 Å². The Bertz CT molecular complexity index is 599. The van der Waals surface area contributed by atoms with E-state index in [2.05, 4.69) is 17.2 Å². The first kappa shape index (κ1) is 14.9. The summed E-state index contributed by atoms with van der Waals surface area (Å²) in [5.41, 5.74) is 9.50. The van der Waals surface area contributed by atoms with Crippen LogP contribution in [0.2, 0.25) is 0 Å². The molecule has 0 saturated heterocycles. The monoisotopic (exact) mass is 291 g/mol. The van der Waals surface area contributed by atoms with Crippen LogP contribution < -0.4 is 11.1 Å². The van der Waals surface area contributed by atoms with Gasteiger partial charge in [-0.25, -0.2) is 0 Å². The average Bonchev–Trinajstić information content (AvgIpc) is 2.41. The number of benzene rings is 1. The number of aryl methyl sites for hydroxylation is 1. The Morgan fingerprint density at radius 2 is 2.15 bits per heavy atom. The molecule has 1 aromatic carbocycles. The van der Waals surface area contributed by atoms with Crippen LogP contribution in [0.15, 0.2) is 24.3 Å². The number of aromatic nitrogens is 1. The third kappa shape index (κ3) is 3.16. The summed E-state index contributed by atoms with van der Waals surface area (Å²) in [6.07, 6.45) is 2.01. The summed E-state index contributed by atoms with van der Waals surface area (Å²) >= 11 is 1.66. The van der Waals surface area contributed by atoms with E-state index in [0.29, 0.717) is 0 Å². The smallest absolute Gasteiger partial charge is 0.0727 e. The minimum Gasteiger partial charge on any atom is -0.399 e. The minimum absolute atomic E-state index is 0.152.